The molecule has 1 N–H and O–H groups in total. The second kappa shape index (κ2) is 7.59. The van der Waals surface area contributed by atoms with Crippen molar-refractivity contribution in [1.29, 1.82) is 0 Å². The van der Waals surface area contributed by atoms with E-state index < -0.39 is 0 Å². The van der Waals surface area contributed by atoms with Gasteiger partial charge in [-0.2, -0.15) is 0 Å². The highest BCUT2D eigenvalue weighted by molar-refractivity contribution is 5.85. The largest absolute Gasteiger partial charge is 0.357 e. The summed E-state index contributed by atoms with van der Waals surface area (Å²) in [6.45, 7) is 8.70. The van der Waals surface area contributed by atoms with E-state index in [0.29, 0.717) is 0 Å². The van der Waals surface area contributed by atoms with Crippen molar-refractivity contribution in [2.45, 2.75) is 40.0 Å². The van der Waals surface area contributed by atoms with Crippen LogP contribution in [0.4, 0.5) is 17.3 Å². The number of para-hydroxylation sites is 1. The highest BCUT2D eigenvalue weighted by Crippen LogP contribution is 2.29. The fourth-order valence-corrected chi connectivity index (χ4v) is 4.40. The molecule has 1 fully saturated rings. The molecule has 0 aliphatic carbocycles. The Balaban J connectivity index is 1.58. The molecule has 30 heavy (non-hydrogen) atoms. The van der Waals surface area contributed by atoms with Gasteiger partial charge >= 0.3 is 0 Å². The first-order chi connectivity index (χ1) is 14.6. The molecule has 1 unspecified atom stereocenters. The first-order valence-corrected chi connectivity index (χ1v) is 10.8. The molecule has 1 saturated heterocycles. The van der Waals surface area contributed by atoms with Gasteiger partial charge in [0, 0.05) is 18.8 Å². The van der Waals surface area contributed by atoms with E-state index in [4.69, 9.17) is 9.97 Å². The molecule has 0 saturated carbocycles. The topological polar surface area (TPSA) is 58.4 Å². The van der Waals surface area contributed by atoms with E-state index in [-0.39, 0.29) is 0 Å². The summed E-state index contributed by atoms with van der Waals surface area (Å²) in [5.41, 5.74) is 6.12. The first-order valence-electron chi connectivity index (χ1n) is 10.8. The molecule has 4 heterocycles. The zero-order valence-electron chi connectivity index (χ0n) is 17.9. The molecule has 0 amide bonds. The number of pyridine rings is 1. The van der Waals surface area contributed by atoms with Crippen molar-refractivity contribution in [3.8, 4) is 0 Å². The van der Waals surface area contributed by atoms with Gasteiger partial charge in [-0.05, 0) is 62.3 Å². The molecular weight excluding hydrogens is 372 g/mol. The van der Waals surface area contributed by atoms with Gasteiger partial charge < -0.3 is 10.2 Å². The van der Waals surface area contributed by atoms with Crippen molar-refractivity contribution in [1.82, 2.24) is 19.4 Å². The molecule has 6 heteroatoms. The van der Waals surface area contributed by atoms with Crippen LogP contribution in [0, 0.1) is 19.8 Å². The maximum atomic E-state index is 5.01. The van der Waals surface area contributed by atoms with E-state index in [0.717, 1.165) is 53.0 Å². The standard InChI is InChI=1S/C24H28N6/c1-16-6-5-12-29(13-11-16)21-10-9-19-24(27-21)30-15-25-14-20(30)23(26-19)28-22-17(2)7-4-8-18(22)3/h4,7-10,14-16H,5-6,11-13H2,1-3H3,(H,26,28). The van der Waals surface area contributed by atoms with Crippen LogP contribution in [0.25, 0.3) is 16.7 Å². The lowest BCUT2D eigenvalue weighted by Crippen LogP contribution is -2.25. The van der Waals surface area contributed by atoms with Gasteiger partial charge in [-0.25, -0.2) is 15.0 Å². The van der Waals surface area contributed by atoms with Crippen LogP contribution < -0.4 is 10.2 Å². The van der Waals surface area contributed by atoms with Crippen molar-refractivity contribution in [2.24, 2.45) is 5.92 Å². The number of nitrogens with one attached hydrogen (secondary N) is 1. The molecular formula is C24H28N6. The maximum Gasteiger partial charge on any atom is 0.166 e. The summed E-state index contributed by atoms with van der Waals surface area (Å²) in [6, 6.07) is 10.5. The van der Waals surface area contributed by atoms with Gasteiger partial charge in [0.05, 0.1) is 6.20 Å². The quantitative estimate of drug-likeness (QED) is 0.508. The number of aryl methyl sites for hydroxylation is 2. The van der Waals surface area contributed by atoms with Gasteiger partial charge in [0.15, 0.2) is 11.5 Å². The molecule has 6 nitrogen and oxygen atoms in total. The second-order valence-corrected chi connectivity index (χ2v) is 8.54. The minimum atomic E-state index is 0.788. The van der Waals surface area contributed by atoms with Crippen LogP contribution in [-0.2, 0) is 0 Å². The van der Waals surface area contributed by atoms with E-state index in [1.165, 1.54) is 30.4 Å². The van der Waals surface area contributed by atoms with E-state index >= 15 is 0 Å². The lowest BCUT2D eigenvalue weighted by molar-refractivity contribution is 0.521. The summed E-state index contributed by atoms with van der Waals surface area (Å²) in [6.07, 6.45) is 7.42. The van der Waals surface area contributed by atoms with E-state index in [1.54, 1.807) is 0 Å². The predicted octanol–water partition coefficient (Wildman–Crippen LogP) is 5.26. The van der Waals surface area contributed by atoms with Gasteiger partial charge in [0.2, 0.25) is 0 Å². The molecule has 1 aliphatic heterocycles. The third-order valence-corrected chi connectivity index (χ3v) is 6.25. The lowest BCUT2D eigenvalue weighted by Gasteiger charge is -2.22. The molecule has 3 aromatic heterocycles. The smallest absolute Gasteiger partial charge is 0.166 e. The third kappa shape index (κ3) is 3.36. The number of hydrogen-bond acceptors (Lipinski definition) is 5. The first kappa shape index (κ1) is 18.9. The average molecular weight is 401 g/mol. The number of benzene rings is 1. The molecule has 1 aromatic carbocycles. The predicted molar refractivity (Wildman–Crippen MR) is 123 cm³/mol. The van der Waals surface area contributed by atoms with E-state index in [1.807, 2.05) is 16.9 Å². The Bertz CT molecular complexity index is 1190. The van der Waals surface area contributed by atoms with Crippen LogP contribution in [0.2, 0.25) is 0 Å². The number of rotatable bonds is 3. The van der Waals surface area contributed by atoms with Gasteiger partial charge in [-0.3, -0.25) is 4.40 Å². The number of hydrogen-bond donors (Lipinski definition) is 1. The van der Waals surface area contributed by atoms with Crippen molar-refractivity contribution in [3.63, 3.8) is 0 Å². The number of anilines is 3. The minimum Gasteiger partial charge on any atom is -0.357 e. The van der Waals surface area contributed by atoms with Gasteiger partial charge in [-0.15, -0.1) is 0 Å². The summed E-state index contributed by atoms with van der Waals surface area (Å²) < 4.78 is 2.04. The normalized spacial score (nSPS) is 17.4. The SMILES string of the molecule is Cc1cccc(C)c1Nc1nc2ccc(N3CCCC(C)CC3)nc2n2cncc12. The Kier molecular flexibility index (Phi) is 4.77. The van der Waals surface area contributed by atoms with Crippen LogP contribution in [0.1, 0.15) is 37.3 Å². The summed E-state index contributed by atoms with van der Waals surface area (Å²) in [7, 11) is 0. The van der Waals surface area contributed by atoms with Crippen LogP contribution in [0.15, 0.2) is 42.9 Å². The molecule has 0 bridgehead atoms. The maximum absolute atomic E-state index is 5.01. The van der Waals surface area contributed by atoms with Crippen LogP contribution in [0.5, 0.6) is 0 Å². The summed E-state index contributed by atoms with van der Waals surface area (Å²) in [4.78, 5) is 16.7. The summed E-state index contributed by atoms with van der Waals surface area (Å²) >= 11 is 0. The molecule has 1 aliphatic rings. The molecule has 4 aromatic rings. The molecule has 0 spiro atoms. The number of aromatic nitrogens is 4. The van der Waals surface area contributed by atoms with Gasteiger partial charge in [0.25, 0.3) is 0 Å². The second-order valence-electron chi connectivity index (χ2n) is 8.54. The van der Waals surface area contributed by atoms with Crippen molar-refractivity contribution in [2.75, 3.05) is 23.3 Å². The number of nitrogens with zero attached hydrogens (tertiary/aromatic N) is 5. The Morgan fingerprint density at radius 3 is 2.67 bits per heavy atom. The number of imidazole rings is 1. The Morgan fingerprint density at radius 1 is 1.00 bits per heavy atom. The lowest BCUT2D eigenvalue weighted by atomic mass is 10.0. The minimum absolute atomic E-state index is 0.788. The Labute approximate surface area is 177 Å². The van der Waals surface area contributed by atoms with Crippen molar-refractivity contribution in [3.05, 3.63) is 54.0 Å². The fraction of sp³-hybridized carbons (Fsp3) is 0.375. The third-order valence-electron chi connectivity index (χ3n) is 6.25. The van der Waals surface area contributed by atoms with Crippen LogP contribution in [0.3, 0.4) is 0 Å². The average Bonchev–Trinajstić information content (AvgIpc) is 3.14. The summed E-state index contributed by atoms with van der Waals surface area (Å²) in [5.74, 6) is 2.62. The van der Waals surface area contributed by atoms with E-state index in [2.05, 4.69) is 66.3 Å². The van der Waals surface area contributed by atoms with Crippen molar-refractivity contribution < 1.29 is 0 Å². The highest BCUT2D eigenvalue weighted by Gasteiger charge is 2.17. The molecule has 0 radical (unpaired) electrons. The number of fused-ring (bicyclic) bond motifs is 3. The van der Waals surface area contributed by atoms with Crippen LogP contribution >= 0.6 is 0 Å². The monoisotopic (exact) mass is 400 g/mol. The van der Waals surface area contributed by atoms with Gasteiger partial charge in [-0.1, -0.05) is 25.1 Å². The van der Waals surface area contributed by atoms with Crippen molar-refractivity contribution >= 4 is 34.0 Å². The Hall–Kier alpha value is -3.15. The molecule has 5 rings (SSSR count). The van der Waals surface area contributed by atoms with E-state index in [9.17, 15) is 0 Å². The van der Waals surface area contributed by atoms with Crippen LogP contribution in [-0.4, -0.2) is 32.4 Å². The highest BCUT2D eigenvalue weighted by atomic mass is 15.2. The molecule has 1 atom stereocenters. The molecule has 154 valence electrons. The zero-order chi connectivity index (χ0) is 20.7. The summed E-state index contributed by atoms with van der Waals surface area (Å²) in [5, 5.41) is 3.54. The van der Waals surface area contributed by atoms with Gasteiger partial charge in [0.1, 0.15) is 23.2 Å². The zero-order valence-corrected chi connectivity index (χ0v) is 17.9. The fourth-order valence-electron chi connectivity index (χ4n) is 4.40. The Morgan fingerprint density at radius 2 is 1.83 bits per heavy atom.